The number of ether oxygens (including phenoxy) is 1. The summed E-state index contributed by atoms with van der Waals surface area (Å²) in [4.78, 5) is 15.5. The molecule has 1 aliphatic heterocycles. The zero-order valence-electron chi connectivity index (χ0n) is 18.4. The third-order valence-electron chi connectivity index (χ3n) is 5.97. The van der Waals surface area contributed by atoms with E-state index in [1.165, 1.54) is 19.3 Å². The van der Waals surface area contributed by atoms with Gasteiger partial charge < -0.3 is 24.6 Å². The van der Waals surface area contributed by atoms with Crippen molar-refractivity contribution in [3.05, 3.63) is 58.2 Å². The summed E-state index contributed by atoms with van der Waals surface area (Å²) in [6, 6.07) is 13.5. The topological polar surface area (TPSA) is 66.7 Å². The second-order valence-electron chi connectivity index (χ2n) is 8.11. The molecule has 1 aromatic heterocycles. The number of aromatic nitrogens is 1. The highest BCUT2D eigenvalue weighted by Gasteiger charge is 2.25. The van der Waals surface area contributed by atoms with E-state index in [1.807, 2.05) is 36.4 Å². The smallest absolute Gasteiger partial charge is 0.340 e. The predicted octanol–water partition coefficient (Wildman–Crippen LogP) is 4.85. The summed E-state index contributed by atoms with van der Waals surface area (Å²) >= 11 is 3.43. The van der Waals surface area contributed by atoms with Crippen molar-refractivity contribution in [2.24, 2.45) is 0 Å². The molecule has 6 nitrogen and oxygen atoms in total. The molecule has 0 aliphatic carbocycles. The Hall–Kier alpha value is -2.35. The van der Waals surface area contributed by atoms with Crippen LogP contribution in [0.2, 0.25) is 0 Å². The Morgan fingerprint density at radius 3 is 2.62 bits per heavy atom. The molecule has 0 spiro atoms. The highest BCUT2D eigenvalue weighted by atomic mass is 79.9. The number of benzene rings is 2. The Balaban J connectivity index is 1.73. The van der Waals surface area contributed by atoms with Gasteiger partial charge in [0.05, 0.1) is 27.9 Å². The molecule has 4 rings (SSSR count). The number of carbonyl (C=O) groups is 1. The molecule has 0 bridgehead atoms. The molecule has 0 atom stereocenters. The summed E-state index contributed by atoms with van der Waals surface area (Å²) in [6.07, 6.45) is 3.87. The maximum absolute atomic E-state index is 13.0. The molecular formula is C25H30BrN3O3. The Kier molecular flexibility index (Phi) is 7.50. The van der Waals surface area contributed by atoms with E-state index in [9.17, 15) is 9.90 Å². The number of esters is 1. The third-order valence-corrected chi connectivity index (χ3v) is 6.61. The van der Waals surface area contributed by atoms with Crippen LogP contribution < -0.4 is 5.32 Å². The number of hydrogen-bond donors (Lipinski definition) is 2. The minimum Gasteiger partial charge on any atom is -0.507 e. The summed E-state index contributed by atoms with van der Waals surface area (Å²) in [5.74, 6) is -0.278. The Bertz CT molecular complexity index is 1080. The van der Waals surface area contributed by atoms with Crippen molar-refractivity contribution >= 4 is 32.8 Å². The first-order valence-electron chi connectivity index (χ1n) is 11.3. The minimum absolute atomic E-state index is 0.0952. The number of rotatable bonds is 8. The zero-order chi connectivity index (χ0) is 22.5. The number of likely N-dealkylation sites (tertiary alicyclic amines) is 1. The van der Waals surface area contributed by atoms with Crippen LogP contribution >= 0.6 is 15.9 Å². The molecule has 0 radical (unpaired) electrons. The first-order valence-corrected chi connectivity index (χ1v) is 12.1. The van der Waals surface area contributed by atoms with Gasteiger partial charge in [0.1, 0.15) is 5.75 Å². The van der Waals surface area contributed by atoms with E-state index in [-0.39, 0.29) is 11.7 Å². The van der Waals surface area contributed by atoms with Gasteiger partial charge in [-0.25, -0.2) is 4.79 Å². The molecule has 3 aromatic rings. The van der Waals surface area contributed by atoms with Crippen molar-refractivity contribution in [2.45, 2.75) is 32.7 Å². The van der Waals surface area contributed by atoms with Crippen LogP contribution in [-0.4, -0.2) is 53.3 Å². The largest absolute Gasteiger partial charge is 0.507 e. The van der Waals surface area contributed by atoms with Crippen molar-refractivity contribution in [1.82, 2.24) is 14.8 Å². The van der Waals surface area contributed by atoms with Crippen molar-refractivity contribution in [3.8, 4) is 11.4 Å². The molecule has 1 fully saturated rings. The number of piperidine rings is 1. The SMILES string of the molecule is CCOC(=O)c1c(CNCCN2CCCCC2)n(-c2ccccc2)c2cc(Br)c(O)cc12. The minimum atomic E-state index is -0.373. The first-order chi connectivity index (χ1) is 15.6. The van der Waals surface area contributed by atoms with Gasteiger partial charge in [0.2, 0.25) is 0 Å². The summed E-state index contributed by atoms with van der Waals surface area (Å²) in [6.45, 7) is 6.77. The maximum atomic E-state index is 13.0. The molecule has 170 valence electrons. The third kappa shape index (κ3) is 4.85. The van der Waals surface area contributed by atoms with Crippen LogP contribution in [0.5, 0.6) is 5.75 Å². The molecule has 7 heteroatoms. The first kappa shape index (κ1) is 22.8. The van der Waals surface area contributed by atoms with Gasteiger partial charge in [0.15, 0.2) is 0 Å². The fraction of sp³-hybridized carbons (Fsp3) is 0.400. The summed E-state index contributed by atoms with van der Waals surface area (Å²) in [7, 11) is 0. The number of fused-ring (bicyclic) bond motifs is 1. The molecule has 2 heterocycles. The lowest BCUT2D eigenvalue weighted by Gasteiger charge is -2.26. The molecule has 1 saturated heterocycles. The highest BCUT2D eigenvalue weighted by Crippen LogP contribution is 2.36. The lowest BCUT2D eigenvalue weighted by molar-refractivity contribution is 0.0527. The van der Waals surface area contributed by atoms with Crippen molar-refractivity contribution in [2.75, 3.05) is 32.8 Å². The van der Waals surface area contributed by atoms with Gasteiger partial charge in [0.25, 0.3) is 0 Å². The van der Waals surface area contributed by atoms with Crippen LogP contribution in [0, 0.1) is 0 Å². The molecule has 2 aromatic carbocycles. The molecule has 1 aliphatic rings. The summed E-state index contributed by atoms with van der Waals surface area (Å²) in [5, 5.41) is 14.6. The van der Waals surface area contributed by atoms with E-state index < -0.39 is 0 Å². The lowest BCUT2D eigenvalue weighted by atomic mass is 10.1. The van der Waals surface area contributed by atoms with Gasteiger partial charge in [-0.3, -0.25) is 0 Å². The highest BCUT2D eigenvalue weighted by molar-refractivity contribution is 9.10. The van der Waals surface area contributed by atoms with Crippen molar-refractivity contribution in [3.63, 3.8) is 0 Å². The van der Waals surface area contributed by atoms with Gasteiger partial charge in [-0.1, -0.05) is 24.6 Å². The lowest BCUT2D eigenvalue weighted by Crippen LogP contribution is -2.36. The van der Waals surface area contributed by atoms with E-state index in [0.29, 0.717) is 28.6 Å². The van der Waals surface area contributed by atoms with Crippen LogP contribution in [0.15, 0.2) is 46.9 Å². The van der Waals surface area contributed by atoms with Gasteiger partial charge in [0, 0.05) is 30.7 Å². The average Bonchev–Trinajstić information content (AvgIpc) is 3.11. The molecule has 32 heavy (non-hydrogen) atoms. The number of nitrogens with zero attached hydrogens (tertiary/aromatic N) is 2. The Morgan fingerprint density at radius 1 is 1.16 bits per heavy atom. The fourth-order valence-electron chi connectivity index (χ4n) is 4.45. The van der Waals surface area contributed by atoms with E-state index in [4.69, 9.17) is 4.74 Å². The van der Waals surface area contributed by atoms with Gasteiger partial charge in [-0.15, -0.1) is 0 Å². The van der Waals surface area contributed by atoms with Crippen LogP contribution in [0.25, 0.3) is 16.6 Å². The number of para-hydroxylation sites is 1. The number of nitrogens with one attached hydrogen (secondary N) is 1. The van der Waals surface area contributed by atoms with Gasteiger partial charge in [-0.05, 0) is 73.1 Å². The molecule has 2 N–H and O–H groups in total. The van der Waals surface area contributed by atoms with E-state index in [1.54, 1.807) is 13.0 Å². The second-order valence-corrected chi connectivity index (χ2v) is 8.97. The number of phenols is 1. The number of hydrogen-bond acceptors (Lipinski definition) is 5. The Morgan fingerprint density at radius 2 is 1.91 bits per heavy atom. The van der Waals surface area contributed by atoms with Crippen molar-refractivity contribution < 1.29 is 14.6 Å². The molecule has 0 amide bonds. The van der Waals surface area contributed by atoms with Crippen LogP contribution in [0.4, 0.5) is 0 Å². The average molecular weight is 500 g/mol. The normalized spacial score (nSPS) is 14.7. The number of halogens is 1. The standard InChI is InChI=1S/C25H30BrN3O3/c1-2-32-25(31)24-19-15-23(30)20(26)16-21(19)29(18-9-5-3-6-10-18)22(24)17-27-11-14-28-12-7-4-8-13-28/h3,5-6,9-10,15-16,27,30H,2,4,7-8,11-14,17H2,1H3. The van der Waals surface area contributed by atoms with E-state index >= 15 is 0 Å². The zero-order valence-corrected chi connectivity index (χ0v) is 20.0. The van der Waals surface area contributed by atoms with Crippen LogP contribution in [0.1, 0.15) is 42.2 Å². The number of phenolic OH excluding ortho intramolecular Hbond substituents is 1. The maximum Gasteiger partial charge on any atom is 0.340 e. The van der Waals surface area contributed by atoms with Crippen LogP contribution in [-0.2, 0) is 11.3 Å². The monoisotopic (exact) mass is 499 g/mol. The molecule has 0 unspecified atom stereocenters. The Labute approximate surface area is 197 Å². The van der Waals surface area contributed by atoms with E-state index in [0.717, 1.165) is 43.1 Å². The number of carbonyl (C=O) groups excluding carboxylic acids is 1. The molecular weight excluding hydrogens is 470 g/mol. The quantitative estimate of drug-likeness (QED) is 0.342. The summed E-state index contributed by atoms with van der Waals surface area (Å²) < 4.78 is 8.08. The molecule has 0 saturated carbocycles. The number of aromatic hydroxyl groups is 1. The second kappa shape index (κ2) is 10.5. The predicted molar refractivity (Wildman–Crippen MR) is 131 cm³/mol. The van der Waals surface area contributed by atoms with Gasteiger partial charge in [-0.2, -0.15) is 0 Å². The fourth-order valence-corrected chi connectivity index (χ4v) is 4.78. The van der Waals surface area contributed by atoms with Crippen molar-refractivity contribution in [1.29, 1.82) is 0 Å². The van der Waals surface area contributed by atoms with Gasteiger partial charge >= 0.3 is 5.97 Å². The summed E-state index contributed by atoms with van der Waals surface area (Å²) in [5.41, 5.74) is 3.13. The van der Waals surface area contributed by atoms with E-state index in [2.05, 4.69) is 30.7 Å². The van der Waals surface area contributed by atoms with Crippen LogP contribution in [0.3, 0.4) is 0 Å².